The topological polar surface area (TPSA) is 163 Å². The Kier molecular flexibility index (Phi) is 8.65. The third-order valence-electron chi connectivity index (χ3n) is 9.71. The molecule has 12 nitrogen and oxygen atoms in total. The molecule has 0 radical (unpaired) electrons. The number of nitriles is 1. The summed E-state index contributed by atoms with van der Waals surface area (Å²) in [7, 11) is 0. The lowest BCUT2D eigenvalue weighted by Gasteiger charge is -2.34. The number of rotatable bonds is 10. The van der Waals surface area contributed by atoms with E-state index < -0.39 is 47.8 Å². The maximum Gasteiger partial charge on any atom is 0.265 e. The van der Waals surface area contributed by atoms with Gasteiger partial charge in [-0.2, -0.15) is 5.26 Å². The van der Waals surface area contributed by atoms with E-state index in [4.69, 9.17) is 9.47 Å². The maximum atomic E-state index is 14.2. The second kappa shape index (κ2) is 12.7. The fraction of sp³-hybridized carbons (Fsp3) is 0.515. The second-order valence-electron chi connectivity index (χ2n) is 13.1. The van der Waals surface area contributed by atoms with Crippen molar-refractivity contribution in [3.63, 3.8) is 0 Å². The van der Waals surface area contributed by atoms with Crippen LogP contribution < -0.4 is 20.7 Å². The zero-order valence-corrected chi connectivity index (χ0v) is 25.7. The van der Waals surface area contributed by atoms with Crippen molar-refractivity contribution in [1.29, 1.82) is 5.26 Å². The summed E-state index contributed by atoms with van der Waals surface area (Å²) in [5, 5.41) is 18.2. The molecular formula is C33H37FN6O6. The van der Waals surface area contributed by atoms with Gasteiger partial charge < -0.3 is 30.3 Å². The molecule has 7 atom stereocenters. The maximum absolute atomic E-state index is 14.2. The van der Waals surface area contributed by atoms with Gasteiger partial charge in [-0.15, -0.1) is 0 Å². The normalized spacial score (nSPS) is 26.8. The van der Waals surface area contributed by atoms with Crippen molar-refractivity contribution in [2.24, 2.45) is 23.2 Å². The number of fused-ring (bicyclic) bond motifs is 2. The molecule has 4 heterocycles. The molecule has 2 aromatic rings. The monoisotopic (exact) mass is 632 g/mol. The van der Waals surface area contributed by atoms with E-state index in [0.717, 1.165) is 12.5 Å². The molecule has 1 aliphatic carbocycles. The Labute approximate surface area is 266 Å². The van der Waals surface area contributed by atoms with Crippen molar-refractivity contribution in [1.82, 2.24) is 20.5 Å². The average Bonchev–Trinajstić information content (AvgIpc) is 3.44. The molecule has 242 valence electrons. The van der Waals surface area contributed by atoms with Crippen LogP contribution in [0.4, 0.5) is 10.1 Å². The second-order valence-corrected chi connectivity index (χ2v) is 13.1. The van der Waals surface area contributed by atoms with Gasteiger partial charge in [-0.25, -0.2) is 4.39 Å². The first-order chi connectivity index (χ1) is 22.0. The van der Waals surface area contributed by atoms with Gasteiger partial charge in [0.25, 0.3) is 5.91 Å². The van der Waals surface area contributed by atoms with Gasteiger partial charge in [0.15, 0.2) is 6.10 Å². The van der Waals surface area contributed by atoms with Gasteiger partial charge in [-0.3, -0.25) is 24.2 Å². The van der Waals surface area contributed by atoms with Gasteiger partial charge >= 0.3 is 0 Å². The molecule has 46 heavy (non-hydrogen) atoms. The minimum Gasteiger partial charge on any atom is -0.478 e. The summed E-state index contributed by atoms with van der Waals surface area (Å²) < 4.78 is 24.7. The molecule has 1 aromatic heterocycles. The molecule has 4 aliphatic rings. The number of anilines is 1. The number of benzene rings is 1. The van der Waals surface area contributed by atoms with Crippen molar-refractivity contribution in [2.75, 3.05) is 25.1 Å². The number of hydrogen-bond donors (Lipinski definition) is 3. The largest absolute Gasteiger partial charge is 0.478 e. The standard InChI is InChI=1S/C33H37FN6O6/c1-33(2)22-16-40(32(44)24(13-20-5-3-4-9-36-20)38-27(41)11-18-8-10-45-17-18)29(28(22)33)31(43)37-21(15-35)14-26-30(42)39-23-12-19(34)6-7-25(23)46-26/h3-7,9,12,18,21-22,24,26,28-29H,8,10-11,13-14,16-17H2,1-2H3,(H,37,43)(H,38,41)(H,39,42)/t18?,21-,22-,24-,26-,28-,29-/m0/s1. The molecule has 0 bridgehead atoms. The number of ether oxygens (including phenoxy) is 2. The fourth-order valence-electron chi connectivity index (χ4n) is 7.09. The van der Waals surface area contributed by atoms with Crippen molar-refractivity contribution in [3.8, 4) is 11.8 Å². The van der Waals surface area contributed by atoms with Crippen LogP contribution in [0.3, 0.4) is 0 Å². The molecule has 1 saturated carbocycles. The number of nitrogens with zero attached hydrogens (tertiary/aromatic N) is 3. The smallest absolute Gasteiger partial charge is 0.265 e. The van der Waals surface area contributed by atoms with E-state index in [-0.39, 0.29) is 59.8 Å². The molecule has 3 fully saturated rings. The van der Waals surface area contributed by atoms with E-state index in [0.29, 0.717) is 25.5 Å². The van der Waals surface area contributed by atoms with Crippen molar-refractivity contribution < 1.29 is 33.0 Å². The van der Waals surface area contributed by atoms with Crippen molar-refractivity contribution in [2.45, 2.75) is 63.8 Å². The van der Waals surface area contributed by atoms with Gasteiger partial charge in [0.2, 0.25) is 17.7 Å². The van der Waals surface area contributed by atoms with Crippen LogP contribution in [0.25, 0.3) is 0 Å². The first-order valence-corrected chi connectivity index (χ1v) is 15.6. The number of likely N-dealkylation sites (tertiary alicyclic amines) is 1. The van der Waals surface area contributed by atoms with E-state index in [1.54, 1.807) is 24.4 Å². The summed E-state index contributed by atoms with van der Waals surface area (Å²) >= 11 is 0. The average molecular weight is 633 g/mol. The number of carbonyl (C=O) groups excluding carboxylic acids is 4. The molecule has 6 rings (SSSR count). The summed E-state index contributed by atoms with van der Waals surface area (Å²) in [6.07, 6.45) is 1.51. The molecule has 4 amide bonds. The molecule has 1 aromatic carbocycles. The highest BCUT2D eigenvalue weighted by atomic mass is 19.1. The van der Waals surface area contributed by atoms with E-state index in [1.807, 2.05) is 19.9 Å². The molecule has 3 N–H and O–H groups in total. The molecule has 0 spiro atoms. The molecule has 3 aliphatic heterocycles. The van der Waals surface area contributed by atoms with Crippen LogP contribution in [0.5, 0.6) is 5.75 Å². The van der Waals surface area contributed by atoms with Crippen LogP contribution in [0, 0.1) is 40.3 Å². The van der Waals surface area contributed by atoms with E-state index >= 15 is 0 Å². The van der Waals surface area contributed by atoms with Gasteiger partial charge in [0.05, 0.1) is 11.8 Å². The summed E-state index contributed by atoms with van der Waals surface area (Å²) in [6.45, 7) is 5.52. The number of carbonyl (C=O) groups is 4. The third kappa shape index (κ3) is 6.39. The third-order valence-corrected chi connectivity index (χ3v) is 9.71. The zero-order chi connectivity index (χ0) is 32.6. The predicted octanol–water partition coefficient (Wildman–Crippen LogP) is 1.96. The quantitative estimate of drug-likeness (QED) is 0.358. The highest BCUT2D eigenvalue weighted by molar-refractivity contribution is 5.98. The lowest BCUT2D eigenvalue weighted by atomic mass is 9.98. The number of halogens is 1. The van der Waals surface area contributed by atoms with Gasteiger partial charge in [0.1, 0.15) is 29.7 Å². The summed E-state index contributed by atoms with van der Waals surface area (Å²) in [6, 6.07) is 8.17. The first kappa shape index (κ1) is 31.4. The van der Waals surface area contributed by atoms with Gasteiger partial charge in [-0.05, 0) is 53.9 Å². The number of piperidine rings is 1. The van der Waals surface area contributed by atoms with Crippen molar-refractivity contribution in [3.05, 3.63) is 54.1 Å². The van der Waals surface area contributed by atoms with Crippen LogP contribution >= 0.6 is 0 Å². The van der Waals surface area contributed by atoms with E-state index in [2.05, 4.69) is 20.9 Å². The van der Waals surface area contributed by atoms with Crippen LogP contribution in [0.1, 0.15) is 38.8 Å². The van der Waals surface area contributed by atoms with E-state index in [9.17, 15) is 28.8 Å². The highest BCUT2D eigenvalue weighted by Crippen LogP contribution is 2.65. The number of hydrogen-bond acceptors (Lipinski definition) is 8. The van der Waals surface area contributed by atoms with Gasteiger partial charge in [-0.1, -0.05) is 19.9 Å². The molecule has 13 heteroatoms. The molecular weight excluding hydrogens is 595 g/mol. The van der Waals surface area contributed by atoms with Crippen molar-refractivity contribution >= 4 is 29.3 Å². The first-order valence-electron chi connectivity index (χ1n) is 15.6. The Morgan fingerprint density at radius 1 is 1.24 bits per heavy atom. The Balaban J connectivity index is 1.17. The fourth-order valence-corrected chi connectivity index (χ4v) is 7.09. The number of amides is 4. The summed E-state index contributed by atoms with van der Waals surface area (Å²) in [4.78, 5) is 59.7. The molecule has 1 unspecified atom stereocenters. The Morgan fingerprint density at radius 2 is 2.07 bits per heavy atom. The Morgan fingerprint density at radius 3 is 2.78 bits per heavy atom. The van der Waals surface area contributed by atoms with Crippen LogP contribution in [-0.4, -0.2) is 77.5 Å². The Bertz CT molecular complexity index is 1560. The lowest BCUT2D eigenvalue weighted by Crippen LogP contribution is -2.57. The number of pyridine rings is 1. The Hall–Kier alpha value is -4.57. The SMILES string of the molecule is CC1(C)[C@@H]2[C@@H](C(=O)N[C@H](C#N)C[C@@H]3Oc4ccc(F)cc4NC3=O)N(C(=O)[C@H](Cc3ccccn3)NC(=O)CC3CCOC3)C[C@@H]21. The number of nitrogens with one attached hydrogen (secondary N) is 3. The van der Waals surface area contributed by atoms with Crippen LogP contribution in [0.15, 0.2) is 42.6 Å². The minimum absolute atomic E-state index is 0.0685. The zero-order valence-electron chi connectivity index (χ0n) is 25.7. The minimum atomic E-state index is -1.11. The summed E-state index contributed by atoms with van der Waals surface area (Å²) in [5.74, 6) is -2.01. The lowest BCUT2D eigenvalue weighted by molar-refractivity contribution is -0.143. The van der Waals surface area contributed by atoms with Crippen LogP contribution in [0.2, 0.25) is 0 Å². The highest BCUT2D eigenvalue weighted by Gasteiger charge is 2.69. The number of aromatic nitrogens is 1. The van der Waals surface area contributed by atoms with E-state index in [1.165, 1.54) is 17.0 Å². The summed E-state index contributed by atoms with van der Waals surface area (Å²) in [5.41, 5.74) is 0.606. The molecule has 2 saturated heterocycles. The van der Waals surface area contributed by atoms with Gasteiger partial charge in [0, 0.05) is 57.0 Å². The predicted molar refractivity (Wildman–Crippen MR) is 161 cm³/mol. The van der Waals surface area contributed by atoms with Crippen LogP contribution in [-0.2, 0) is 30.3 Å².